The number of nitrogens with zero attached hydrogens (tertiary/aromatic N) is 1. The van der Waals surface area contributed by atoms with Gasteiger partial charge in [0.05, 0.1) is 51.6 Å². The lowest BCUT2D eigenvalue weighted by molar-refractivity contribution is -0.527. The van der Waals surface area contributed by atoms with Gasteiger partial charge in [0.1, 0.15) is 0 Å². The van der Waals surface area contributed by atoms with E-state index in [1.807, 2.05) is 0 Å². The fourth-order valence-corrected chi connectivity index (χ4v) is 2.54. The Balaban J connectivity index is -0.000000502. The van der Waals surface area contributed by atoms with Crippen LogP contribution in [0.25, 0.3) is 0 Å². The van der Waals surface area contributed by atoms with Crippen LogP contribution in [0.5, 0.6) is 0 Å². The number of aliphatic hydroxyl groups excluding tert-OH is 3. The third kappa shape index (κ3) is 51.1. The first kappa shape index (κ1) is 39.0. The van der Waals surface area contributed by atoms with Crippen LogP contribution < -0.4 is 0 Å². The monoisotopic (exact) mass is 561 g/mol. The van der Waals surface area contributed by atoms with E-state index in [0.717, 1.165) is 12.8 Å². The standard InChI is InChI=1S/C12H26O4S.C6H15NO6.H2O4S/c1-2-3-4-5-6-7-8-9-10-11-12-16-17(13,14)15;8-1-4-11-7(12-5-2-9)13-6-3-10;1-5(2,3)4/h2-12H2,1H3,(H,13,14,15);8-10H,1-6H2;(H2,1,2,3,4). The number of hydrogen-bond acceptors (Lipinski definition) is 12. The van der Waals surface area contributed by atoms with E-state index >= 15 is 0 Å². The molecule has 15 nitrogen and oxygen atoms in total. The van der Waals surface area contributed by atoms with Gasteiger partial charge >= 0.3 is 20.8 Å². The van der Waals surface area contributed by atoms with Gasteiger partial charge in [0.15, 0.2) is 0 Å². The van der Waals surface area contributed by atoms with E-state index < -0.39 is 20.8 Å². The Morgan fingerprint density at radius 1 is 0.571 bits per heavy atom. The van der Waals surface area contributed by atoms with Gasteiger partial charge in [-0.2, -0.15) is 16.8 Å². The zero-order valence-electron chi connectivity index (χ0n) is 20.2. The Kier molecular flexibility index (Phi) is 31.2. The van der Waals surface area contributed by atoms with E-state index in [4.69, 9.17) is 51.9 Å². The van der Waals surface area contributed by atoms with E-state index in [1.165, 1.54) is 44.9 Å². The van der Waals surface area contributed by atoms with Crippen molar-refractivity contribution >= 4 is 20.8 Å². The van der Waals surface area contributed by atoms with Gasteiger partial charge in [-0.1, -0.05) is 64.7 Å². The van der Waals surface area contributed by atoms with Crippen LogP contribution in [-0.4, -0.2) is 97.5 Å². The van der Waals surface area contributed by atoms with Crippen LogP contribution in [0.3, 0.4) is 0 Å². The zero-order valence-corrected chi connectivity index (χ0v) is 21.9. The van der Waals surface area contributed by atoms with Crippen molar-refractivity contribution in [3.63, 3.8) is 0 Å². The van der Waals surface area contributed by atoms with Crippen molar-refractivity contribution in [2.75, 3.05) is 46.2 Å². The van der Waals surface area contributed by atoms with E-state index in [2.05, 4.69) is 11.1 Å². The lowest BCUT2D eigenvalue weighted by Gasteiger charge is -2.17. The summed E-state index contributed by atoms with van der Waals surface area (Å²) in [5.74, 6) is 0. The first-order valence-electron chi connectivity index (χ1n) is 11.2. The molecule has 0 bridgehead atoms. The molecular formula is C18H43NO14S2. The summed E-state index contributed by atoms with van der Waals surface area (Å²) >= 11 is 0. The third-order valence-electron chi connectivity index (χ3n) is 3.59. The molecule has 0 aliphatic carbocycles. The molecule has 0 saturated heterocycles. The van der Waals surface area contributed by atoms with E-state index in [9.17, 15) is 8.42 Å². The maximum absolute atomic E-state index is 10.2. The molecule has 0 heterocycles. The van der Waals surface area contributed by atoms with Crippen molar-refractivity contribution in [3.8, 4) is 0 Å². The molecule has 0 aliphatic heterocycles. The largest absolute Gasteiger partial charge is 0.397 e. The SMILES string of the molecule is CCCCCCCCCCCCOS(=O)(=O)O.O=S(=O)(O)O.OCCON(OCCO)OCCO. The topological polar surface area (TPSA) is 230 Å². The summed E-state index contributed by atoms with van der Waals surface area (Å²) in [6.45, 7) is 1.80. The predicted octanol–water partition coefficient (Wildman–Crippen LogP) is 1.13. The molecule has 35 heavy (non-hydrogen) atoms. The Morgan fingerprint density at radius 3 is 1.17 bits per heavy atom. The molecule has 0 radical (unpaired) electrons. The molecule has 0 spiro atoms. The molecular weight excluding hydrogens is 518 g/mol. The molecule has 0 unspecified atom stereocenters. The quantitative estimate of drug-likeness (QED) is 0.0655. The van der Waals surface area contributed by atoms with Crippen LogP contribution in [0.1, 0.15) is 71.1 Å². The summed E-state index contributed by atoms with van der Waals surface area (Å²) in [5.41, 5.74) is 0. The average molecular weight is 562 g/mol. The molecule has 0 aliphatic rings. The fourth-order valence-electron chi connectivity index (χ4n) is 2.21. The number of rotatable bonds is 21. The van der Waals surface area contributed by atoms with Gasteiger partial charge in [-0.05, 0) is 6.42 Å². The first-order chi connectivity index (χ1) is 16.4. The van der Waals surface area contributed by atoms with Gasteiger partial charge in [0, 0.05) is 0 Å². The number of unbranched alkanes of at least 4 members (excludes halogenated alkanes) is 9. The highest BCUT2D eigenvalue weighted by atomic mass is 32.3. The summed E-state index contributed by atoms with van der Waals surface area (Å²) in [5, 5.41) is 25.9. The van der Waals surface area contributed by atoms with Gasteiger partial charge in [-0.3, -0.25) is 13.7 Å². The second kappa shape index (κ2) is 28.0. The smallest absolute Gasteiger partial charge is 0.394 e. The van der Waals surface area contributed by atoms with Crippen LogP contribution in [0.4, 0.5) is 0 Å². The van der Waals surface area contributed by atoms with Gasteiger partial charge in [-0.15, -0.1) is 0 Å². The third-order valence-corrected chi connectivity index (χ3v) is 4.06. The van der Waals surface area contributed by atoms with Crippen LogP contribution in [0.2, 0.25) is 0 Å². The van der Waals surface area contributed by atoms with Crippen LogP contribution in [0.15, 0.2) is 0 Å². The molecule has 0 rings (SSSR count). The van der Waals surface area contributed by atoms with E-state index in [1.54, 1.807) is 0 Å². The molecule has 0 fully saturated rings. The number of hydrogen-bond donors (Lipinski definition) is 6. The molecule has 0 atom stereocenters. The van der Waals surface area contributed by atoms with Gasteiger partial charge in [-0.25, -0.2) is 18.7 Å². The van der Waals surface area contributed by atoms with Gasteiger partial charge in [0.25, 0.3) is 0 Å². The maximum Gasteiger partial charge on any atom is 0.397 e. The van der Waals surface area contributed by atoms with Crippen LogP contribution >= 0.6 is 0 Å². The zero-order chi connectivity index (χ0) is 27.4. The summed E-state index contributed by atoms with van der Waals surface area (Å²) in [6, 6.07) is 0. The summed E-state index contributed by atoms with van der Waals surface area (Å²) in [6.07, 6.45) is 11.9. The molecule has 216 valence electrons. The van der Waals surface area contributed by atoms with Crippen molar-refractivity contribution in [3.05, 3.63) is 0 Å². The summed E-state index contributed by atoms with van der Waals surface area (Å²) < 4.78 is 64.6. The van der Waals surface area contributed by atoms with Crippen molar-refractivity contribution in [1.29, 1.82) is 0 Å². The molecule has 0 saturated carbocycles. The molecule has 0 amide bonds. The van der Waals surface area contributed by atoms with Crippen molar-refractivity contribution in [2.45, 2.75) is 71.1 Å². The van der Waals surface area contributed by atoms with Gasteiger partial charge < -0.3 is 15.3 Å². The molecule has 0 aromatic heterocycles. The van der Waals surface area contributed by atoms with Crippen molar-refractivity contribution < 1.29 is 64.5 Å². The fraction of sp³-hybridized carbons (Fsp3) is 1.00. The van der Waals surface area contributed by atoms with E-state index in [-0.39, 0.29) is 46.2 Å². The minimum absolute atomic E-state index is 0.0108. The van der Waals surface area contributed by atoms with Crippen LogP contribution in [-0.2, 0) is 39.5 Å². The summed E-state index contributed by atoms with van der Waals surface area (Å²) in [4.78, 5) is 14.1. The highest BCUT2D eigenvalue weighted by Crippen LogP contribution is 2.10. The Hall–Kier alpha value is -0.540. The maximum atomic E-state index is 10.2. The lowest BCUT2D eigenvalue weighted by atomic mass is 10.1. The highest BCUT2D eigenvalue weighted by Gasteiger charge is 2.05. The number of aliphatic hydroxyl groups is 3. The van der Waals surface area contributed by atoms with Crippen LogP contribution in [0, 0.1) is 0 Å². The molecule has 6 N–H and O–H groups in total. The molecule has 0 aromatic carbocycles. The minimum Gasteiger partial charge on any atom is -0.394 e. The van der Waals surface area contributed by atoms with Gasteiger partial charge in [0.2, 0.25) is 0 Å². The second-order valence-electron chi connectivity index (χ2n) is 6.77. The Bertz CT molecular complexity index is 592. The summed E-state index contributed by atoms with van der Waals surface area (Å²) in [7, 11) is -8.90. The second-order valence-corrected chi connectivity index (χ2v) is 8.76. The highest BCUT2D eigenvalue weighted by molar-refractivity contribution is 7.80. The van der Waals surface area contributed by atoms with Crippen molar-refractivity contribution in [1.82, 2.24) is 5.39 Å². The minimum atomic E-state index is -4.67. The average Bonchev–Trinajstić information content (AvgIpc) is 2.75. The van der Waals surface area contributed by atoms with Crippen molar-refractivity contribution in [2.24, 2.45) is 0 Å². The first-order valence-corrected chi connectivity index (χ1v) is 14.0. The lowest BCUT2D eigenvalue weighted by Crippen LogP contribution is -2.28. The van der Waals surface area contributed by atoms with E-state index in [0.29, 0.717) is 11.8 Å². The Morgan fingerprint density at radius 2 is 0.886 bits per heavy atom. The molecule has 0 aromatic rings. The molecule has 17 heteroatoms. The normalized spacial score (nSPS) is 11.5. The predicted molar refractivity (Wildman–Crippen MR) is 124 cm³/mol. The Labute approximate surface area is 208 Å².